The van der Waals surface area contributed by atoms with E-state index in [4.69, 9.17) is 9.47 Å². The quantitative estimate of drug-likeness (QED) is 0.433. The Kier molecular flexibility index (Phi) is 6.22. The lowest BCUT2D eigenvalue weighted by Crippen LogP contribution is -2.04. The third kappa shape index (κ3) is 5.09. The van der Waals surface area contributed by atoms with Crippen LogP contribution in [0.1, 0.15) is 18.1 Å². The Balaban J connectivity index is 2.22. The number of benzene rings is 2. The Morgan fingerprint density at radius 2 is 1.93 bits per heavy atom. The van der Waals surface area contributed by atoms with Crippen molar-refractivity contribution in [2.45, 2.75) is 13.1 Å². The van der Waals surface area contributed by atoms with Crippen molar-refractivity contribution in [2.75, 3.05) is 19.1 Å². The second-order valence-corrected chi connectivity index (χ2v) is 5.21. The number of nitro groups is 1. The van der Waals surface area contributed by atoms with E-state index in [1.54, 1.807) is 6.92 Å². The van der Waals surface area contributed by atoms with Crippen molar-refractivity contribution >= 4 is 17.6 Å². The molecule has 0 atom stereocenters. The monoisotopic (exact) mass is 383 g/mol. The molecule has 0 unspecified atom stereocenters. The van der Waals surface area contributed by atoms with E-state index in [2.05, 4.69) is 10.5 Å². The van der Waals surface area contributed by atoms with Gasteiger partial charge in [-0.05, 0) is 37.3 Å². The van der Waals surface area contributed by atoms with Crippen molar-refractivity contribution in [1.82, 2.24) is 0 Å². The fourth-order valence-corrected chi connectivity index (χ4v) is 2.20. The van der Waals surface area contributed by atoms with Gasteiger partial charge < -0.3 is 9.47 Å². The highest BCUT2D eigenvalue weighted by Gasteiger charge is 2.29. The Morgan fingerprint density at radius 3 is 2.44 bits per heavy atom. The Hall–Kier alpha value is -3.30. The normalized spacial score (nSPS) is 11.4. The van der Waals surface area contributed by atoms with Crippen LogP contribution in [0.2, 0.25) is 0 Å². The Morgan fingerprint density at radius 1 is 1.26 bits per heavy atom. The summed E-state index contributed by atoms with van der Waals surface area (Å²) in [5.74, 6) is 0.180. The van der Waals surface area contributed by atoms with Crippen LogP contribution in [0.15, 0.2) is 41.5 Å². The van der Waals surface area contributed by atoms with E-state index in [0.717, 1.165) is 12.1 Å². The molecule has 0 fully saturated rings. The van der Waals surface area contributed by atoms with Crippen LogP contribution in [-0.2, 0) is 6.18 Å². The molecule has 0 amide bonds. The van der Waals surface area contributed by atoms with Gasteiger partial charge in [-0.2, -0.15) is 18.3 Å². The number of hydrogen-bond acceptors (Lipinski definition) is 6. The van der Waals surface area contributed by atoms with Crippen LogP contribution in [0.5, 0.6) is 11.5 Å². The van der Waals surface area contributed by atoms with Crippen LogP contribution < -0.4 is 14.9 Å². The number of nitrogens with zero attached hydrogens (tertiary/aromatic N) is 2. The molecule has 0 aliphatic rings. The molecule has 27 heavy (non-hydrogen) atoms. The fourth-order valence-electron chi connectivity index (χ4n) is 2.20. The van der Waals surface area contributed by atoms with Gasteiger partial charge in [0.05, 0.1) is 36.1 Å². The number of methoxy groups -OCH3 is 1. The third-order valence-electron chi connectivity index (χ3n) is 3.38. The van der Waals surface area contributed by atoms with Gasteiger partial charge in [-0.25, -0.2) is 0 Å². The molecule has 2 aromatic rings. The Bertz CT molecular complexity index is 837. The predicted molar refractivity (Wildman–Crippen MR) is 93.5 cm³/mol. The summed E-state index contributed by atoms with van der Waals surface area (Å²) in [6.45, 7) is 2.00. The number of rotatable bonds is 7. The van der Waals surface area contributed by atoms with E-state index < -0.39 is 16.7 Å². The van der Waals surface area contributed by atoms with Crippen molar-refractivity contribution in [3.05, 3.63) is 57.6 Å². The van der Waals surface area contributed by atoms with Crippen LogP contribution >= 0.6 is 0 Å². The molecule has 0 aliphatic carbocycles. The van der Waals surface area contributed by atoms with Crippen molar-refractivity contribution in [3.8, 4) is 11.5 Å². The van der Waals surface area contributed by atoms with Crippen LogP contribution in [0, 0.1) is 10.1 Å². The van der Waals surface area contributed by atoms with Crippen LogP contribution in [0.4, 0.5) is 24.5 Å². The molecule has 144 valence electrons. The van der Waals surface area contributed by atoms with Gasteiger partial charge in [0.25, 0.3) is 0 Å². The summed E-state index contributed by atoms with van der Waals surface area (Å²) >= 11 is 0. The van der Waals surface area contributed by atoms with Crippen LogP contribution in [0.3, 0.4) is 0 Å². The largest absolute Gasteiger partial charge is 0.490 e. The van der Waals surface area contributed by atoms with E-state index in [1.165, 1.54) is 37.6 Å². The van der Waals surface area contributed by atoms with Crippen molar-refractivity contribution in [1.29, 1.82) is 0 Å². The maximum absolute atomic E-state index is 12.5. The number of anilines is 1. The second-order valence-electron chi connectivity index (χ2n) is 5.21. The van der Waals surface area contributed by atoms with E-state index >= 15 is 0 Å². The third-order valence-corrected chi connectivity index (χ3v) is 3.38. The number of halogens is 3. The molecule has 2 aromatic carbocycles. The summed E-state index contributed by atoms with van der Waals surface area (Å²) < 4.78 is 48.0. The number of hydrogen-bond donors (Lipinski definition) is 1. The number of ether oxygens (including phenoxy) is 2. The number of hydrazone groups is 1. The molecular formula is C17H16F3N3O4. The molecular weight excluding hydrogens is 367 g/mol. The molecule has 0 heterocycles. The topological polar surface area (TPSA) is 86.0 Å². The minimum atomic E-state index is -4.42. The second kappa shape index (κ2) is 8.39. The molecule has 0 saturated carbocycles. The predicted octanol–water partition coefficient (Wildman–Crippen LogP) is 4.47. The molecule has 0 radical (unpaired) electrons. The molecule has 0 saturated heterocycles. The molecule has 1 N–H and O–H groups in total. The molecule has 0 aliphatic heterocycles. The minimum Gasteiger partial charge on any atom is -0.490 e. The van der Waals surface area contributed by atoms with Crippen molar-refractivity contribution in [3.63, 3.8) is 0 Å². The average molecular weight is 383 g/mol. The first-order valence-corrected chi connectivity index (χ1v) is 7.71. The summed E-state index contributed by atoms with van der Waals surface area (Å²) in [5.41, 5.74) is 2.17. The maximum atomic E-state index is 12.5. The summed E-state index contributed by atoms with van der Waals surface area (Å²) in [6, 6.07) is 7.05. The van der Waals surface area contributed by atoms with E-state index in [1.807, 2.05) is 0 Å². The van der Waals surface area contributed by atoms with Gasteiger partial charge in [0.2, 0.25) is 5.75 Å². The zero-order chi connectivity index (χ0) is 20.0. The van der Waals surface area contributed by atoms with Gasteiger partial charge >= 0.3 is 11.9 Å². The van der Waals surface area contributed by atoms with Gasteiger partial charge in [-0.1, -0.05) is 0 Å². The number of alkyl halides is 3. The van der Waals surface area contributed by atoms with Crippen molar-refractivity contribution < 1.29 is 27.6 Å². The lowest BCUT2D eigenvalue weighted by Gasteiger charge is -2.10. The van der Waals surface area contributed by atoms with Gasteiger partial charge in [0.1, 0.15) is 0 Å². The SMILES string of the molecule is CCOc1cc(C=NNc2ccc(C(F)(F)F)cc2)cc([N+](=O)[O-])c1OC. The van der Waals surface area contributed by atoms with E-state index in [0.29, 0.717) is 11.3 Å². The highest BCUT2D eigenvalue weighted by molar-refractivity contribution is 5.83. The van der Waals surface area contributed by atoms with Gasteiger partial charge in [0.15, 0.2) is 5.75 Å². The van der Waals surface area contributed by atoms with Gasteiger partial charge in [-0.15, -0.1) is 0 Å². The number of nitro benzene ring substituents is 1. The zero-order valence-electron chi connectivity index (χ0n) is 14.4. The first kappa shape index (κ1) is 20.0. The maximum Gasteiger partial charge on any atom is 0.416 e. The summed E-state index contributed by atoms with van der Waals surface area (Å²) in [5, 5.41) is 15.1. The highest BCUT2D eigenvalue weighted by atomic mass is 19.4. The highest BCUT2D eigenvalue weighted by Crippen LogP contribution is 2.37. The van der Waals surface area contributed by atoms with Crippen molar-refractivity contribution in [2.24, 2.45) is 5.10 Å². The Labute approximate surface area is 152 Å². The lowest BCUT2D eigenvalue weighted by atomic mass is 10.2. The molecule has 2 rings (SSSR count). The standard InChI is InChI=1S/C17H16F3N3O4/c1-3-27-15-9-11(8-14(23(24)25)16(15)26-2)10-21-22-13-6-4-12(5-7-13)17(18,19)20/h4-10,22H,3H2,1-2H3. The van der Waals surface area contributed by atoms with E-state index in [9.17, 15) is 23.3 Å². The van der Waals surface area contributed by atoms with Gasteiger partial charge in [0, 0.05) is 11.6 Å². The molecule has 0 spiro atoms. The molecule has 0 aromatic heterocycles. The molecule has 10 heteroatoms. The first-order valence-electron chi connectivity index (χ1n) is 7.71. The summed E-state index contributed by atoms with van der Waals surface area (Å²) in [4.78, 5) is 10.6. The van der Waals surface area contributed by atoms with Crippen LogP contribution in [-0.4, -0.2) is 24.9 Å². The molecule has 7 nitrogen and oxygen atoms in total. The van der Waals surface area contributed by atoms with Crippen LogP contribution in [0.25, 0.3) is 0 Å². The van der Waals surface area contributed by atoms with Gasteiger partial charge in [-0.3, -0.25) is 15.5 Å². The first-order chi connectivity index (χ1) is 12.8. The van der Waals surface area contributed by atoms with E-state index in [-0.39, 0.29) is 23.8 Å². The molecule has 0 bridgehead atoms. The zero-order valence-corrected chi connectivity index (χ0v) is 14.4. The number of nitrogens with one attached hydrogen (secondary N) is 1. The lowest BCUT2D eigenvalue weighted by molar-refractivity contribution is -0.385. The summed E-state index contributed by atoms with van der Waals surface area (Å²) in [7, 11) is 1.30. The fraction of sp³-hybridized carbons (Fsp3) is 0.235. The smallest absolute Gasteiger partial charge is 0.416 e. The minimum absolute atomic E-state index is 0.00491. The summed E-state index contributed by atoms with van der Waals surface area (Å²) in [6.07, 6.45) is -3.13. The average Bonchev–Trinajstić information content (AvgIpc) is 2.61.